The predicted octanol–water partition coefficient (Wildman–Crippen LogP) is 5.48. The summed E-state index contributed by atoms with van der Waals surface area (Å²) in [7, 11) is 0. The molecule has 1 unspecified atom stereocenters. The van der Waals surface area contributed by atoms with Gasteiger partial charge in [-0.15, -0.1) is 0 Å². The van der Waals surface area contributed by atoms with Crippen LogP contribution < -0.4 is 5.32 Å². The molecule has 0 heterocycles. The largest absolute Gasteiger partial charge is 0.478 e. The van der Waals surface area contributed by atoms with Crippen LogP contribution in [0.3, 0.4) is 0 Å². The Kier molecular flexibility index (Phi) is 7.04. The van der Waals surface area contributed by atoms with Gasteiger partial charge in [-0.05, 0) is 62.4 Å². The summed E-state index contributed by atoms with van der Waals surface area (Å²) in [6, 6.07) is 14.2. The lowest BCUT2D eigenvalue weighted by atomic mass is 9.84. The Morgan fingerprint density at radius 3 is 2.07 bits per heavy atom. The third kappa shape index (κ3) is 5.67. The maximum Gasteiger partial charge on any atom is 0.335 e. The number of aromatic carboxylic acids is 1. The van der Waals surface area contributed by atoms with Crippen LogP contribution in [0.5, 0.6) is 0 Å². The van der Waals surface area contributed by atoms with Crippen molar-refractivity contribution in [2.45, 2.75) is 64.2 Å². The van der Waals surface area contributed by atoms with E-state index in [0.29, 0.717) is 17.2 Å². The summed E-state index contributed by atoms with van der Waals surface area (Å²) in [5, 5.41) is 12.1. The van der Waals surface area contributed by atoms with Gasteiger partial charge in [0.2, 0.25) is 5.78 Å². The van der Waals surface area contributed by atoms with Gasteiger partial charge in [0.1, 0.15) is 0 Å². The zero-order valence-corrected chi connectivity index (χ0v) is 17.1. The number of benzene rings is 2. The lowest BCUT2D eigenvalue weighted by molar-refractivity contribution is 0.0239. The van der Waals surface area contributed by atoms with Crippen molar-refractivity contribution >= 4 is 17.4 Å². The van der Waals surface area contributed by atoms with E-state index in [1.807, 2.05) is 26.0 Å². The molecular weight excluding hydrogens is 366 g/mol. The zero-order valence-electron chi connectivity index (χ0n) is 17.1. The molecule has 1 saturated carbocycles. The summed E-state index contributed by atoms with van der Waals surface area (Å²) in [6.45, 7) is 3.75. The van der Waals surface area contributed by atoms with E-state index < -0.39 is 12.2 Å². The fourth-order valence-electron chi connectivity index (χ4n) is 3.80. The lowest BCUT2D eigenvalue weighted by Gasteiger charge is -2.23. The normalized spacial score (nSPS) is 15.8. The molecule has 29 heavy (non-hydrogen) atoms. The predicted molar refractivity (Wildman–Crippen MR) is 114 cm³/mol. The molecular formula is C24H29NO4. The SMILES string of the molecule is CC(C)OC(Nc1ccc(C(=O)O)cc1)C(=O)c1ccc(C2CCCCC2)cc1. The van der Waals surface area contributed by atoms with Crippen LogP contribution in [0.4, 0.5) is 5.69 Å². The van der Waals surface area contributed by atoms with E-state index in [1.165, 1.54) is 49.8 Å². The number of rotatable bonds is 8. The molecule has 1 aliphatic rings. The average molecular weight is 395 g/mol. The van der Waals surface area contributed by atoms with Crippen molar-refractivity contribution in [3.05, 3.63) is 65.2 Å². The number of ketones is 1. The fraction of sp³-hybridized carbons (Fsp3) is 0.417. The van der Waals surface area contributed by atoms with E-state index >= 15 is 0 Å². The van der Waals surface area contributed by atoms with Crippen LogP contribution in [0.25, 0.3) is 0 Å². The van der Waals surface area contributed by atoms with Crippen LogP contribution in [0.2, 0.25) is 0 Å². The van der Waals surface area contributed by atoms with Crippen LogP contribution in [-0.2, 0) is 4.74 Å². The first-order valence-corrected chi connectivity index (χ1v) is 10.3. The first-order valence-electron chi connectivity index (χ1n) is 10.3. The number of hydrogen-bond acceptors (Lipinski definition) is 4. The molecule has 0 radical (unpaired) electrons. The standard InChI is InChI=1S/C24H29NO4/c1-16(2)29-23(25-21-14-12-20(13-15-21)24(27)28)22(26)19-10-8-18(9-11-19)17-6-4-3-5-7-17/h8-17,23,25H,3-7H2,1-2H3,(H,27,28). The van der Waals surface area contributed by atoms with Crippen LogP contribution in [0.1, 0.15) is 78.1 Å². The van der Waals surface area contributed by atoms with Crippen LogP contribution in [0.15, 0.2) is 48.5 Å². The van der Waals surface area contributed by atoms with E-state index in [1.54, 1.807) is 12.1 Å². The number of carbonyl (C=O) groups excluding carboxylic acids is 1. The molecule has 5 nitrogen and oxygen atoms in total. The molecule has 2 aromatic rings. The summed E-state index contributed by atoms with van der Waals surface area (Å²) in [5.41, 5.74) is 2.74. The minimum atomic E-state index is -0.985. The molecule has 3 rings (SSSR count). The van der Waals surface area contributed by atoms with Crippen molar-refractivity contribution in [2.75, 3.05) is 5.32 Å². The van der Waals surface area contributed by atoms with Crippen molar-refractivity contribution in [1.82, 2.24) is 0 Å². The van der Waals surface area contributed by atoms with E-state index in [0.717, 1.165) is 0 Å². The van der Waals surface area contributed by atoms with Crippen molar-refractivity contribution < 1.29 is 19.4 Å². The van der Waals surface area contributed by atoms with Gasteiger partial charge >= 0.3 is 5.97 Å². The Morgan fingerprint density at radius 2 is 1.52 bits per heavy atom. The minimum Gasteiger partial charge on any atom is -0.478 e. The molecule has 1 aliphatic carbocycles. The number of Topliss-reactive ketones (excluding diaryl/α,β-unsaturated/α-hetero) is 1. The summed E-state index contributed by atoms with van der Waals surface area (Å²) in [4.78, 5) is 24.1. The lowest BCUT2D eigenvalue weighted by Crippen LogP contribution is -2.34. The van der Waals surface area contributed by atoms with Crippen molar-refractivity contribution in [2.24, 2.45) is 0 Å². The number of carboxylic acids is 1. The molecule has 5 heteroatoms. The maximum absolute atomic E-state index is 13.1. The third-order valence-corrected chi connectivity index (χ3v) is 5.35. The van der Waals surface area contributed by atoms with Crippen molar-refractivity contribution in [1.29, 1.82) is 0 Å². The highest BCUT2D eigenvalue weighted by Crippen LogP contribution is 2.32. The Morgan fingerprint density at radius 1 is 0.931 bits per heavy atom. The highest BCUT2D eigenvalue weighted by Gasteiger charge is 2.23. The van der Waals surface area contributed by atoms with Crippen LogP contribution >= 0.6 is 0 Å². The van der Waals surface area contributed by atoms with Gasteiger partial charge in [-0.1, -0.05) is 43.5 Å². The summed E-state index contributed by atoms with van der Waals surface area (Å²) < 4.78 is 5.82. The van der Waals surface area contributed by atoms with E-state index in [2.05, 4.69) is 17.4 Å². The van der Waals surface area contributed by atoms with Gasteiger partial charge in [-0.25, -0.2) is 4.79 Å². The van der Waals surface area contributed by atoms with Crippen LogP contribution in [0, 0.1) is 0 Å². The molecule has 2 N–H and O–H groups in total. The zero-order chi connectivity index (χ0) is 20.8. The van der Waals surface area contributed by atoms with Gasteiger partial charge < -0.3 is 15.2 Å². The Bertz CT molecular complexity index is 821. The highest BCUT2D eigenvalue weighted by atomic mass is 16.5. The van der Waals surface area contributed by atoms with Gasteiger partial charge in [-0.2, -0.15) is 0 Å². The molecule has 0 aliphatic heterocycles. The van der Waals surface area contributed by atoms with Gasteiger partial charge in [0, 0.05) is 11.3 Å². The topological polar surface area (TPSA) is 75.6 Å². The Balaban J connectivity index is 1.73. The average Bonchev–Trinajstić information content (AvgIpc) is 2.73. The molecule has 0 saturated heterocycles. The number of nitrogens with one attached hydrogen (secondary N) is 1. The Labute approximate surface area is 172 Å². The van der Waals surface area contributed by atoms with Gasteiger partial charge in [0.15, 0.2) is 6.23 Å². The van der Waals surface area contributed by atoms with Crippen LogP contribution in [-0.4, -0.2) is 29.2 Å². The third-order valence-electron chi connectivity index (χ3n) is 5.35. The second-order valence-electron chi connectivity index (χ2n) is 7.91. The number of ether oxygens (including phenoxy) is 1. The minimum absolute atomic E-state index is 0.142. The molecule has 154 valence electrons. The summed E-state index contributed by atoms with van der Waals surface area (Å²) in [5.74, 6) is -0.529. The molecule has 0 bridgehead atoms. The monoisotopic (exact) mass is 395 g/mol. The van der Waals surface area contributed by atoms with Gasteiger partial charge in [-0.3, -0.25) is 4.79 Å². The second-order valence-corrected chi connectivity index (χ2v) is 7.91. The maximum atomic E-state index is 13.1. The van der Waals surface area contributed by atoms with Gasteiger partial charge in [0.25, 0.3) is 0 Å². The summed E-state index contributed by atoms with van der Waals surface area (Å²) in [6.07, 6.45) is 5.34. The number of hydrogen-bond donors (Lipinski definition) is 2. The first kappa shape index (κ1) is 21.1. The Hall–Kier alpha value is -2.66. The molecule has 2 aromatic carbocycles. The summed E-state index contributed by atoms with van der Waals surface area (Å²) >= 11 is 0. The van der Waals surface area contributed by atoms with Crippen molar-refractivity contribution in [3.63, 3.8) is 0 Å². The molecule has 1 atom stereocenters. The quantitative estimate of drug-likeness (QED) is 0.457. The van der Waals surface area contributed by atoms with E-state index in [9.17, 15) is 9.59 Å². The van der Waals surface area contributed by atoms with Crippen molar-refractivity contribution in [3.8, 4) is 0 Å². The molecule has 1 fully saturated rings. The molecule has 0 amide bonds. The van der Waals surface area contributed by atoms with E-state index in [-0.39, 0.29) is 17.5 Å². The highest BCUT2D eigenvalue weighted by molar-refractivity contribution is 6.00. The number of carbonyl (C=O) groups is 2. The fourth-order valence-corrected chi connectivity index (χ4v) is 3.80. The number of carboxylic acid groups (broad SMARTS) is 1. The van der Waals surface area contributed by atoms with Gasteiger partial charge in [0.05, 0.1) is 11.7 Å². The second kappa shape index (κ2) is 9.70. The first-order chi connectivity index (χ1) is 13.9. The molecule has 0 spiro atoms. The molecule has 0 aromatic heterocycles. The van der Waals surface area contributed by atoms with E-state index in [4.69, 9.17) is 9.84 Å². The smallest absolute Gasteiger partial charge is 0.335 e. The number of anilines is 1.